The molecule has 1 aromatic carbocycles. The molecule has 0 unspecified atom stereocenters. The van der Waals surface area contributed by atoms with Gasteiger partial charge in [0.05, 0.1) is 0 Å². The molecule has 2 aliphatic rings. The Hall–Kier alpha value is -2.40. The molecule has 2 aromatic rings. The van der Waals surface area contributed by atoms with Crippen molar-refractivity contribution < 1.29 is 9.53 Å². The lowest BCUT2D eigenvalue weighted by molar-refractivity contribution is -0.126. The fourth-order valence-corrected chi connectivity index (χ4v) is 4.12. The van der Waals surface area contributed by atoms with Crippen LogP contribution in [-0.2, 0) is 17.8 Å². The van der Waals surface area contributed by atoms with Gasteiger partial charge < -0.3 is 10.1 Å². The summed E-state index contributed by atoms with van der Waals surface area (Å²) in [5.41, 5.74) is 3.14. The molecule has 4 rings (SSSR count). The van der Waals surface area contributed by atoms with Crippen LogP contribution in [-0.4, -0.2) is 34.5 Å². The zero-order valence-corrected chi connectivity index (χ0v) is 16.1. The number of carbonyl (C=O) groups excluding carboxylic acids is 1. The van der Waals surface area contributed by atoms with Gasteiger partial charge in [0.1, 0.15) is 17.4 Å². The lowest BCUT2D eigenvalue weighted by atomic mass is 10.00. The van der Waals surface area contributed by atoms with Crippen LogP contribution in [0.15, 0.2) is 42.7 Å². The molecule has 0 spiro atoms. The first-order valence-electron chi connectivity index (χ1n) is 9.74. The summed E-state index contributed by atoms with van der Waals surface area (Å²) in [6, 6.07) is 9.83. The summed E-state index contributed by atoms with van der Waals surface area (Å²) in [5.74, 6) is 1.00. The normalized spacial score (nSPS) is 19.3. The summed E-state index contributed by atoms with van der Waals surface area (Å²) in [5, 5.41) is 3.14. The van der Waals surface area contributed by atoms with Gasteiger partial charge in [-0.25, -0.2) is 0 Å². The molecule has 3 heterocycles. The number of hydrogen-bond acceptors (Lipinski definition) is 4. The molecular weight excluding hydrogens is 338 g/mol. The number of pyridine rings is 1. The Bertz CT molecular complexity index is 814. The lowest BCUT2D eigenvalue weighted by Gasteiger charge is -2.26. The lowest BCUT2D eigenvalue weighted by Crippen LogP contribution is -2.39. The molecule has 0 saturated carbocycles. The molecule has 1 atom stereocenters. The smallest absolute Gasteiger partial charge is 0.242 e. The fraction of sp³-hybridized carbons (Fsp3) is 0.455. The number of carbonyl (C=O) groups is 1. The number of nitrogens with zero attached hydrogens (tertiary/aromatic N) is 2. The third-order valence-corrected chi connectivity index (χ3v) is 5.35. The average Bonchev–Trinajstić information content (AvgIpc) is 3.27. The van der Waals surface area contributed by atoms with Crippen molar-refractivity contribution in [3.8, 4) is 5.75 Å². The maximum absolute atomic E-state index is 13.0. The van der Waals surface area contributed by atoms with E-state index in [1.807, 2.05) is 24.3 Å². The maximum atomic E-state index is 13.0. The van der Waals surface area contributed by atoms with E-state index in [4.69, 9.17) is 4.74 Å². The molecule has 2 aliphatic heterocycles. The third kappa shape index (κ3) is 3.98. The quantitative estimate of drug-likeness (QED) is 0.884. The Morgan fingerprint density at radius 3 is 2.85 bits per heavy atom. The van der Waals surface area contributed by atoms with E-state index in [0.29, 0.717) is 6.54 Å². The largest absolute Gasteiger partial charge is 0.487 e. The van der Waals surface area contributed by atoms with E-state index >= 15 is 0 Å². The Labute approximate surface area is 160 Å². The van der Waals surface area contributed by atoms with E-state index in [-0.39, 0.29) is 17.6 Å². The molecule has 1 amide bonds. The van der Waals surface area contributed by atoms with Crippen molar-refractivity contribution >= 4 is 5.91 Å². The second-order valence-corrected chi connectivity index (χ2v) is 8.13. The summed E-state index contributed by atoms with van der Waals surface area (Å²) in [6.45, 7) is 6.64. The number of nitrogens with one attached hydrogen (secondary N) is 1. The van der Waals surface area contributed by atoms with Crippen LogP contribution in [0.25, 0.3) is 0 Å². The van der Waals surface area contributed by atoms with E-state index < -0.39 is 0 Å². The average molecular weight is 365 g/mol. The first kappa shape index (κ1) is 18.0. The van der Waals surface area contributed by atoms with Crippen LogP contribution in [0.3, 0.4) is 0 Å². The van der Waals surface area contributed by atoms with E-state index in [1.54, 1.807) is 12.4 Å². The number of benzene rings is 1. The van der Waals surface area contributed by atoms with Crippen LogP contribution in [0.5, 0.6) is 5.75 Å². The first-order valence-corrected chi connectivity index (χ1v) is 9.74. The van der Waals surface area contributed by atoms with Crippen LogP contribution < -0.4 is 10.1 Å². The van der Waals surface area contributed by atoms with Gasteiger partial charge in [0, 0.05) is 25.4 Å². The minimum atomic E-state index is -0.266. The van der Waals surface area contributed by atoms with Gasteiger partial charge in [-0.3, -0.25) is 14.7 Å². The number of hydrogen-bond donors (Lipinski definition) is 1. The second-order valence-electron chi connectivity index (χ2n) is 8.13. The first-order chi connectivity index (χ1) is 13.0. The van der Waals surface area contributed by atoms with Crippen LogP contribution >= 0.6 is 0 Å². The van der Waals surface area contributed by atoms with Gasteiger partial charge in [0.2, 0.25) is 5.91 Å². The molecule has 5 heteroatoms. The Morgan fingerprint density at radius 1 is 1.30 bits per heavy atom. The third-order valence-electron chi connectivity index (χ3n) is 5.35. The molecule has 1 saturated heterocycles. The monoisotopic (exact) mass is 365 g/mol. The second kappa shape index (κ2) is 7.31. The minimum Gasteiger partial charge on any atom is -0.487 e. The van der Waals surface area contributed by atoms with Crippen LogP contribution in [0.4, 0.5) is 0 Å². The zero-order chi connectivity index (χ0) is 18.9. The Kier molecular flexibility index (Phi) is 4.87. The number of likely N-dealkylation sites (tertiary alicyclic amines) is 1. The zero-order valence-electron chi connectivity index (χ0n) is 16.1. The van der Waals surface area contributed by atoms with Gasteiger partial charge in [-0.15, -0.1) is 0 Å². The number of amides is 1. The van der Waals surface area contributed by atoms with Gasteiger partial charge in [-0.05, 0) is 68.6 Å². The highest BCUT2D eigenvalue weighted by molar-refractivity contribution is 5.83. The number of rotatable bonds is 5. The van der Waals surface area contributed by atoms with Crippen molar-refractivity contribution in [2.24, 2.45) is 0 Å². The highest BCUT2D eigenvalue weighted by atomic mass is 16.5. The fourth-order valence-electron chi connectivity index (χ4n) is 4.12. The van der Waals surface area contributed by atoms with Crippen molar-refractivity contribution in [1.29, 1.82) is 0 Å². The van der Waals surface area contributed by atoms with Crippen LogP contribution in [0.1, 0.15) is 49.4 Å². The molecule has 27 heavy (non-hydrogen) atoms. The van der Waals surface area contributed by atoms with Crippen molar-refractivity contribution in [2.45, 2.75) is 51.3 Å². The Morgan fingerprint density at radius 2 is 2.11 bits per heavy atom. The van der Waals surface area contributed by atoms with Crippen molar-refractivity contribution in [2.75, 3.05) is 13.1 Å². The number of ether oxygens (including phenoxy) is 1. The molecule has 5 nitrogen and oxygen atoms in total. The summed E-state index contributed by atoms with van der Waals surface area (Å²) in [6.07, 6.45) is 6.74. The van der Waals surface area contributed by atoms with Gasteiger partial charge in [-0.1, -0.05) is 18.2 Å². The SMILES string of the molecule is CC1(C)Cc2cc(CNC(=O)[C@H](c3cccnc3)N3CCCC3)ccc2O1. The molecule has 1 N–H and O–H groups in total. The van der Waals surface area contributed by atoms with E-state index in [2.05, 4.69) is 35.1 Å². The molecule has 1 aromatic heterocycles. The molecular formula is C22H27N3O2. The summed E-state index contributed by atoms with van der Waals surface area (Å²) < 4.78 is 5.94. The minimum absolute atomic E-state index is 0.0435. The van der Waals surface area contributed by atoms with Gasteiger partial charge in [-0.2, -0.15) is 0 Å². The van der Waals surface area contributed by atoms with Gasteiger partial charge in [0.15, 0.2) is 0 Å². The molecule has 0 aliphatic carbocycles. The highest BCUT2D eigenvalue weighted by Crippen LogP contribution is 2.35. The molecule has 142 valence electrons. The van der Waals surface area contributed by atoms with Gasteiger partial charge in [0.25, 0.3) is 0 Å². The molecule has 1 fully saturated rings. The van der Waals surface area contributed by atoms with Crippen molar-refractivity contribution in [3.63, 3.8) is 0 Å². The molecule has 0 radical (unpaired) electrons. The molecule has 0 bridgehead atoms. The predicted octanol–water partition coefficient (Wildman–Crippen LogP) is 3.25. The summed E-state index contributed by atoms with van der Waals surface area (Å²) >= 11 is 0. The van der Waals surface area contributed by atoms with E-state index in [9.17, 15) is 4.79 Å². The summed E-state index contributed by atoms with van der Waals surface area (Å²) in [7, 11) is 0. The maximum Gasteiger partial charge on any atom is 0.242 e. The van der Waals surface area contributed by atoms with Crippen molar-refractivity contribution in [1.82, 2.24) is 15.2 Å². The number of fused-ring (bicyclic) bond motifs is 1. The highest BCUT2D eigenvalue weighted by Gasteiger charge is 2.31. The topological polar surface area (TPSA) is 54.5 Å². The van der Waals surface area contributed by atoms with Crippen molar-refractivity contribution in [3.05, 3.63) is 59.4 Å². The van der Waals surface area contributed by atoms with E-state index in [0.717, 1.165) is 49.2 Å². The standard InChI is InChI=1S/C22H27N3O2/c1-22(2)13-18-12-16(7-8-19(18)27-22)14-24-21(26)20(25-10-3-4-11-25)17-6-5-9-23-15-17/h5-9,12,15,20H,3-4,10-11,13-14H2,1-2H3,(H,24,26)/t20-/m0/s1. The number of aromatic nitrogens is 1. The predicted molar refractivity (Wildman–Crippen MR) is 104 cm³/mol. The van der Waals surface area contributed by atoms with Gasteiger partial charge >= 0.3 is 0 Å². The Balaban J connectivity index is 1.46. The summed E-state index contributed by atoms with van der Waals surface area (Å²) in [4.78, 5) is 19.5. The van der Waals surface area contributed by atoms with E-state index in [1.165, 1.54) is 5.56 Å². The van der Waals surface area contributed by atoms with Crippen LogP contribution in [0, 0.1) is 0 Å². The van der Waals surface area contributed by atoms with Crippen LogP contribution in [0.2, 0.25) is 0 Å².